The number of benzene rings is 1. The zero-order valence-electron chi connectivity index (χ0n) is 18.6. The van der Waals surface area contributed by atoms with E-state index in [9.17, 15) is 19.5 Å². The molecule has 2 amide bonds. The van der Waals surface area contributed by atoms with Gasteiger partial charge in [0.2, 0.25) is 0 Å². The topological polar surface area (TPSA) is 126 Å². The number of aryl methyl sites for hydroxylation is 1. The maximum Gasteiger partial charge on any atom is 0.341 e. The Kier molecular flexibility index (Phi) is 8.42. The smallest absolute Gasteiger partial charge is 0.341 e. The molecule has 2 aromatic rings. The van der Waals surface area contributed by atoms with Crippen LogP contribution in [0.25, 0.3) is 0 Å². The van der Waals surface area contributed by atoms with Crippen molar-refractivity contribution >= 4 is 40.3 Å². The molecule has 0 bridgehead atoms. The number of esters is 1. The molecule has 0 fully saturated rings. The van der Waals surface area contributed by atoms with Gasteiger partial charge in [-0.05, 0) is 68.9 Å². The van der Waals surface area contributed by atoms with Crippen LogP contribution < -0.4 is 15.5 Å². The number of phenols is 1. The van der Waals surface area contributed by atoms with Gasteiger partial charge < -0.3 is 19.9 Å². The molecule has 0 radical (unpaired) electrons. The van der Waals surface area contributed by atoms with Crippen LogP contribution in [0.5, 0.6) is 11.5 Å². The molecule has 0 atom stereocenters. The second kappa shape index (κ2) is 11.5. The van der Waals surface area contributed by atoms with E-state index in [0.717, 1.165) is 42.5 Å². The van der Waals surface area contributed by atoms with Gasteiger partial charge in [-0.2, -0.15) is 5.10 Å². The van der Waals surface area contributed by atoms with Crippen molar-refractivity contribution in [3.63, 3.8) is 0 Å². The minimum atomic E-state index is -0.978. The van der Waals surface area contributed by atoms with Crippen LogP contribution in [0, 0.1) is 0 Å². The largest absolute Gasteiger partial charge is 0.504 e. The Morgan fingerprint density at radius 1 is 1.12 bits per heavy atom. The van der Waals surface area contributed by atoms with Crippen molar-refractivity contribution in [1.82, 2.24) is 5.43 Å². The number of aromatic hydroxyl groups is 1. The van der Waals surface area contributed by atoms with Gasteiger partial charge >= 0.3 is 17.8 Å². The van der Waals surface area contributed by atoms with Gasteiger partial charge in [0.15, 0.2) is 11.5 Å². The van der Waals surface area contributed by atoms with Gasteiger partial charge in [0, 0.05) is 4.88 Å². The van der Waals surface area contributed by atoms with E-state index < -0.39 is 17.8 Å². The van der Waals surface area contributed by atoms with Crippen LogP contribution in [0.2, 0.25) is 0 Å². The lowest BCUT2D eigenvalue weighted by Gasteiger charge is -2.08. The van der Waals surface area contributed by atoms with E-state index in [1.54, 1.807) is 26.0 Å². The van der Waals surface area contributed by atoms with Crippen molar-refractivity contribution in [3.8, 4) is 11.5 Å². The summed E-state index contributed by atoms with van der Waals surface area (Å²) in [6.45, 7) is 4.11. The Morgan fingerprint density at radius 2 is 1.91 bits per heavy atom. The zero-order chi connectivity index (χ0) is 23.8. The van der Waals surface area contributed by atoms with Crippen LogP contribution in [0.1, 0.15) is 59.5 Å². The SMILES string of the molecule is CCOC(=O)c1c(NC(=O)C(=O)NN=Cc2ccc(O)c(OCC)c2)sc2c1CCCCC2. The molecule has 3 N–H and O–H groups in total. The number of nitrogens with zero attached hydrogens (tertiary/aromatic N) is 1. The van der Waals surface area contributed by atoms with Gasteiger partial charge in [0.25, 0.3) is 0 Å². The van der Waals surface area contributed by atoms with Crippen molar-refractivity contribution in [1.29, 1.82) is 0 Å². The fraction of sp³-hybridized carbons (Fsp3) is 0.391. The molecule has 9 nitrogen and oxygen atoms in total. The first-order chi connectivity index (χ1) is 15.9. The van der Waals surface area contributed by atoms with Gasteiger partial charge in [-0.3, -0.25) is 9.59 Å². The predicted octanol–water partition coefficient (Wildman–Crippen LogP) is 3.39. The highest BCUT2D eigenvalue weighted by atomic mass is 32.1. The molecule has 0 aliphatic heterocycles. The molecule has 0 unspecified atom stereocenters. The number of phenolic OH excluding ortho intramolecular Hbond substituents is 1. The van der Waals surface area contributed by atoms with Crippen molar-refractivity contribution in [2.75, 3.05) is 18.5 Å². The third-order valence-electron chi connectivity index (χ3n) is 5.00. The standard InChI is InChI=1S/C23H27N3O6S/c1-3-31-17-12-14(10-11-16(17)27)13-24-26-21(29)20(28)25-22-19(23(30)32-4-2)15-8-6-5-7-9-18(15)33-22/h10-13,27H,3-9H2,1-2H3,(H,25,28)(H,26,29). The number of hydrogen-bond donors (Lipinski definition) is 3. The molecule has 1 aromatic carbocycles. The number of amides is 2. The van der Waals surface area contributed by atoms with Crippen LogP contribution in [-0.4, -0.2) is 42.3 Å². The van der Waals surface area contributed by atoms with E-state index in [1.165, 1.54) is 23.6 Å². The molecule has 0 saturated heterocycles. The van der Waals surface area contributed by atoms with E-state index in [0.29, 0.717) is 22.7 Å². The molecule has 33 heavy (non-hydrogen) atoms. The Balaban J connectivity index is 1.69. The van der Waals surface area contributed by atoms with Crippen molar-refractivity contribution in [2.24, 2.45) is 5.10 Å². The number of anilines is 1. The number of thiophene rings is 1. The molecule has 1 aromatic heterocycles. The number of hydrogen-bond acceptors (Lipinski definition) is 8. The number of carbonyl (C=O) groups is 3. The van der Waals surface area contributed by atoms with Crippen molar-refractivity contribution < 1.29 is 29.0 Å². The zero-order valence-corrected chi connectivity index (χ0v) is 19.4. The van der Waals surface area contributed by atoms with Crippen LogP contribution in [0.4, 0.5) is 5.00 Å². The number of rotatable bonds is 7. The molecule has 10 heteroatoms. The van der Waals surface area contributed by atoms with Crippen LogP contribution in [0.3, 0.4) is 0 Å². The Labute approximate surface area is 195 Å². The van der Waals surface area contributed by atoms with Gasteiger partial charge in [0.1, 0.15) is 5.00 Å². The van der Waals surface area contributed by atoms with Gasteiger partial charge in [-0.15, -0.1) is 11.3 Å². The molecule has 1 aliphatic rings. The maximum absolute atomic E-state index is 12.6. The summed E-state index contributed by atoms with van der Waals surface area (Å²) in [7, 11) is 0. The van der Waals surface area contributed by atoms with E-state index in [2.05, 4.69) is 15.8 Å². The lowest BCUT2D eigenvalue weighted by Crippen LogP contribution is -2.32. The van der Waals surface area contributed by atoms with Crippen molar-refractivity contribution in [3.05, 3.63) is 39.8 Å². The maximum atomic E-state index is 12.6. The summed E-state index contributed by atoms with van der Waals surface area (Å²) in [5, 5.41) is 16.4. The van der Waals surface area contributed by atoms with Gasteiger partial charge in [-0.25, -0.2) is 10.2 Å². The van der Waals surface area contributed by atoms with Crippen LogP contribution in [0.15, 0.2) is 23.3 Å². The quantitative estimate of drug-likeness (QED) is 0.186. The summed E-state index contributed by atoms with van der Waals surface area (Å²) < 4.78 is 10.5. The first kappa shape index (κ1) is 24.2. The average molecular weight is 474 g/mol. The highest BCUT2D eigenvalue weighted by Gasteiger charge is 2.27. The number of fused-ring (bicyclic) bond motifs is 1. The fourth-order valence-electron chi connectivity index (χ4n) is 3.51. The molecule has 0 spiro atoms. The third-order valence-corrected chi connectivity index (χ3v) is 6.20. The van der Waals surface area contributed by atoms with E-state index in [-0.39, 0.29) is 18.1 Å². The summed E-state index contributed by atoms with van der Waals surface area (Å²) in [6, 6.07) is 4.58. The highest BCUT2D eigenvalue weighted by Crippen LogP contribution is 2.38. The molecule has 176 valence electrons. The monoisotopic (exact) mass is 473 g/mol. The summed E-state index contributed by atoms with van der Waals surface area (Å²) in [6.07, 6.45) is 5.95. The minimum absolute atomic E-state index is 0.0100. The highest BCUT2D eigenvalue weighted by molar-refractivity contribution is 7.17. The lowest BCUT2D eigenvalue weighted by molar-refractivity contribution is -0.136. The van der Waals surface area contributed by atoms with E-state index >= 15 is 0 Å². The van der Waals surface area contributed by atoms with Crippen molar-refractivity contribution in [2.45, 2.75) is 46.0 Å². The minimum Gasteiger partial charge on any atom is -0.504 e. The molecule has 0 saturated carbocycles. The Bertz CT molecular complexity index is 1060. The molecule has 3 rings (SSSR count). The first-order valence-electron chi connectivity index (χ1n) is 10.9. The summed E-state index contributed by atoms with van der Waals surface area (Å²) in [4.78, 5) is 38.3. The van der Waals surface area contributed by atoms with E-state index in [1.807, 2.05) is 0 Å². The normalized spacial score (nSPS) is 13.2. The molecule has 1 heterocycles. The fourth-order valence-corrected chi connectivity index (χ4v) is 4.78. The van der Waals surface area contributed by atoms with Crippen LogP contribution in [-0.2, 0) is 27.2 Å². The average Bonchev–Trinajstić information content (AvgIpc) is 2.96. The summed E-state index contributed by atoms with van der Waals surface area (Å²) in [5.74, 6) is -2.13. The second-order valence-electron chi connectivity index (χ2n) is 7.30. The summed E-state index contributed by atoms with van der Waals surface area (Å²) in [5.41, 5.74) is 3.97. The van der Waals surface area contributed by atoms with E-state index in [4.69, 9.17) is 9.47 Å². The van der Waals surface area contributed by atoms with Gasteiger partial charge in [0.05, 0.1) is 25.0 Å². The predicted molar refractivity (Wildman–Crippen MR) is 125 cm³/mol. The molecular weight excluding hydrogens is 446 g/mol. The number of nitrogens with one attached hydrogen (secondary N) is 2. The molecule has 1 aliphatic carbocycles. The number of ether oxygens (including phenoxy) is 2. The third kappa shape index (κ3) is 6.10. The number of carbonyl (C=O) groups excluding carboxylic acids is 3. The first-order valence-corrected chi connectivity index (χ1v) is 11.7. The Hall–Kier alpha value is -3.40. The molecular formula is C23H27N3O6S. The van der Waals surface area contributed by atoms with Gasteiger partial charge in [-0.1, -0.05) is 6.42 Å². The van der Waals surface area contributed by atoms with Crippen LogP contribution >= 0.6 is 11.3 Å². The summed E-state index contributed by atoms with van der Waals surface area (Å²) >= 11 is 1.31. The lowest BCUT2D eigenvalue weighted by atomic mass is 10.1. The number of hydrazone groups is 1. The Morgan fingerprint density at radius 3 is 2.67 bits per heavy atom. The second-order valence-corrected chi connectivity index (χ2v) is 8.41.